The van der Waals surface area contributed by atoms with E-state index in [0.717, 1.165) is 18.7 Å². The van der Waals surface area contributed by atoms with Gasteiger partial charge in [-0.2, -0.15) is 0 Å². The van der Waals surface area contributed by atoms with Gasteiger partial charge in [-0.15, -0.1) is 0 Å². The minimum absolute atomic E-state index is 0.191. The summed E-state index contributed by atoms with van der Waals surface area (Å²) in [7, 11) is 0. The van der Waals surface area contributed by atoms with Crippen LogP contribution in [-0.4, -0.2) is 18.2 Å². The molecule has 1 saturated heterocycles. The summed E-state index contributed by atoms with van der Waals surface area (Å²) in [4.78, 5) is 0. The number of anilines is 1. The molecule has 2 fully saturated rings. The van der Waals surface area contributed by atoms with Crippen molar-refractivity contribution in [3.8, 4) is 0 Å². The summed E-state index contributed by atoms with van der Waals surface area (Å²) in [6.07, 6.45) is 7.72. The van der Waals surface area contributed by atoms with Gasteiger partial charge in [0.1, 0.15) is 0 Å². The molecular weight excluding hydrogens is 281 g/mol. The summed E-state index contributed by atoms with van der Waals surface area (Å²) in [5.41, 5.74) is 1.01. The standard InChI is InChI=1S/C15H19Cl2NO/c16-12-4-3-5-13(17)14(12)18-10-11-6-9-15(19-11)7-1-2-8-15/h3-5,11,18H,1-2,6-10H2. The van der Waals surface area contributed by atoms with Gasteiger partial charge in [-0.05, 0) is 37.8 Å². The minimum Gasteiger partial charge on any atom is -0.380 e. The van der Waals surface area contributed by atoms with Crippen molar-refractivity contribution in [1.82, 2.24) is 0 Å². The highest BCUT2D eigenvalue weighted by atomic mass is 35.5. The second kappa shape index (κ2) is 5.51. The SMILES string of the molecule is Clc1cccc(Cl)c1NCC1CCC2(CCCC2)O1. The molecule has 1 aromatic rings. The lowest BCUT2D eigenvalue weighted by atomic mass is 9.98. The van der Waals surface area contributed by atoms with Gasteiger partial charge in [-0.1, -0.05) is 42.1 Å². The van der Waals surface area contributed by atoms with Gasteiger partial charge in [0.05, 0.1) is 27.4 Å². The fourth-order valence-corrected chi connectivity index (χ4v) is 3.84. The molecule has 1 spiro atoms. The molecule has 0 aromatic heterocycles. The molecule has 2 aliphatic rings. The van der Waals surface area contributed by atoms with Crippen molar-refractivity contribution in [2.24, 2.45) is 0 Å². The Hall–Kier alpha value is -0.440. The van der Waals surface area contributed by atoms with Crippen LogP contribution in [-0.2, 0) is 4.74 Å². The Bertz CT molecular complexity index is 437. The number of benzene rings is 1. The Labute approximate surface area is 124 Å². The van der Waals surface area contributed by atoms with Crippen molar-refractivity contribution in [2.45, 2.75) is 50.2 Å². The normalized spacial score (nSPS) is 25.1. The van der Waals surface area contributed by atoms with E-state index in [0.29, 0.717) is 10.0 Å². The summed E-state index contributed by atoms with van der Waals surface area (Å²) in [6.45, 7) is 0.783. The molecule has 2 nitrogen and oxygen atoms in total. The quantitative estimate of drug-likeness (QED) is 0.857. The second-order valence-corrected chi connectivity index (χ2v) is 6.46. The molecule has 1 atom stereocenters. The molecule has 19 heavy (non-hydrogen) atoms. The maximum atomic E-state index is 6.26. The Morgan fingerprint density at radius 1 is 1.16 bits per heavy atom. The molecule has 1 unspecified atom stereocenters. The zero-order valence-corrected chi connectivity index (χ0v) is 12.4. The number of halogens is 2. The van der Waals surface area contributed by atoms with Crippen LogP contribution in [0.3, 0.4) is 0 Å². The van der Waals surface area contributed by atoms with E-state index in [1.807, 2.05) is 18.2 Å². The molecule has 1 aliphatic carbocycles. The lowest BCUT2D eigenvalue weighted by molar-refractivity contribution is -0.0307. The largest absolute Gasteiger partial charge is 0.380 e. The monoisotopic (exact) mass is 299 g/mol. The lowest BCUT2D eigenvalue weighted by Gasteiger charge is -2.24. The van der Waals surface area contributed by atoms with Gasteiger partial charge in [0.15, 0.2) is 0 Å². The summed E-state index contributed by atoms with van der Waals surface area (Å²) in [5, 5.41) is 4.68. The first-order chi connectivity index (χ1) is 9.19. The Morgan fingerprint density at radius 3 is 2.53 bits per heavy atom. The maximum absolute atomic E-state index is 6.26. The summed E-state index contributed by atoms with van der Waals surface area (Å²) in [5.74, 6) is 0. The molecule has 1 N–H and O–H groups in total. The molecule has 0 amide bonds. The topological polar surface area (TPSA) is 21.3 Å². The van der Waals surface area contributed by atoms with Crippen LogP contribution in [0, 0.1) is 0 Å². The average molecular weight is 300 g/mol. The van der Waals surface area contributed by atoms with Gasteiger partial charge < -0.3 is 10.1 Å². The maximum Gasteiger partial charge on any atom is 0.0756 e. The Balaban J connectivity index is 1.59. The predicted octanol–water partition coefficient (Wildman–Crippen LogP) is 4.90. The summed E-state index contributed by atoms with van der Waals surface area (Å²) < 4.78 is 6.26. The fraction of sp³-hybridized carbons (Fsp3) is 0.600. The summed E-state index contributed by atoms with van der Waals surface area (Å²) >= 11 is 12.3. The van der Waals surface area contributed by atoms with Crippen LogP contribution in [0.25, 0.3) is 0 Å². The van der Waals surface area contributed by atoms with Gasteiger partial charge in [0.25, 0.3) is 0 Å². The van der Waals surface area contributed by atoms with Crippen LogP contribution < -0.4 is 5.32 Å². The third-order valence-electron chi connectivity index (χ3n) is 4.32. The zero-order chi connectivity index (χ0) is 13.3. The molecule has 4 heteroatoms. The number of hydrogen-bond donors (Lipinski definition) is 1. The molecule has 0 radical (unpaired) electrons. The summed E-state index contributed by atoms with van der Waals surface area (Å²) in [6, 6.07) is 5.56. The first-order valence-electron chi connectivity index (χ1n) is 7.04. The number of ether oxygens (including phenoxy) is 1. The Kier molecular flexibility index (Phi) is 3.93. The van der Waals surface area contributed by atoms with Crippen LogP contribution in [0.15, 0.2) is 18.2 Å². The van der Waals surface area contributed by atoms with Gasteiger partial charge in [0.2, 0.25) is 0 Å². The van der Waals surface area contributed by atoms with Crippen LogP contribution in [0.5, 0.6) is 0 Å². The van der Waals surface area contributed by atoms with Gasteiger partial charge in [-0.25, -0.2) is 0 Å². The third kappa shape index (κ3) is 2.86. The molecule has 1 aromatic carbocycles. The van der Waals surface area contributed by atoms with Crippen LogP contribution in [0.2, 0.25) is 10.0 Å². The first-order valence-corrected chi connectivity index (χ1v) is 7.80. The number of nitrogens with one attached hydrogen (secondary N) is 1. The van der Waals surface area contributed by atoms with E-state index >= 15 is 0 Å². The molecule has 104 valence electrons. The van der Waals surface area contributed by atoms with Crippen molar-refractivity contribution in [3.05, 3.63) is 28.2 Å². The van der Waals surface area contributed by atoms with E-state index < -0.39 is 0 Å². The molecule has 1 aliphatic heterocycles. The van der Waals surface area contributed by atoms with Gasteiger partial charge in [0, 0.05) is 6.54 Å². The smallest absolute Gasteiger partial charge is 0.0756 e. The lowest BCUT2D eigenvalue weighted by Crippen LogP contribution is -2.28. The van der Waals surface area contributed by atoms with Crippen molar-refractivity contribution < 1.29 is 4.74 Å². The number of rotatable bonds is 3. The van der Waals surface area contributed by atoms with Crippen molar-refractivity contribution in [3.63, 3.8) is 0 Å². The van der Waals surface area contributed by atoms with Gasteiger partial charge in [-0.3, -0.25) is 0 Å². The fourth-order valence-electron chi connectivity index (χ4n) is 3.31. The molecule has 1 saturated carbocycles. The molecule has 1 heterocycles. The average Bonchev–Trinajstić information content (AvgIpc) is 3.00. The van der Waals surface area contributed by atoms with Crippen molar-refractivity contribution >= 4 is 28.9 Å². The number of para-hydroxylation sites is 1. The van der Waals surface area contributed by atoms with E-state index in [1.165, 1.54) is 32.1 Å². The second-order valence-electron chi connectivity index (χ2n) is 5.65. The van der Waals surface area contributed by atoms with E-state index in [4.69, 9.17) is 27.9 Å². The third-order valence-corrected chi connectivity index (χ3v) is 4.95. The van der Waals surface area contributed by atoms with E-state index in [2.05, 4.69) is 5.32 Å². The highest BCUT2D eigenvalue weighted by Crippen LogP contribution is 2.43. The highest BCUT2D eigenvalue weighted by molar-refractivity contribution is 6.39. The van der Waals surface area contributed by atoms with E-state index in [1.54, 1.807) is 0 Å². The van der Waals surface area contributed by atoms with E-state index in [9.17, 15) is 0 Å². The minimum atomic E-state index is 0.191. The van der Waals surface area contributed by atoms with Crippen molar-refractivity contribution in [1.29, 1.82) is 0 Å². The van der Waals surface area contributed by atoms with Gasteiger partial charge >= 0.3 is 0 Å². The zero-order valence-electron chi connectivity index (χ0n) is 10.9. The van der Waals surface area contributed by atoms with Crippen LogP contribution in [0.1, 0.15) is 38.5 Å². The molecule has 3 rings (SSSR count). The highest BCUT2D eigenvalue weighted by Gasteiger charge is 2.41. The van der Waals surface area contributed by atoms with Crippen molar-refractivity contribution in [2.75, 3.05) is 11.9 Å². The first kappa shape index (κ1) is 13.5. The number of hydrogen-bond acceptors (Lipinski definition) is 2. The predicted molar refractivity (Wildman–Crippen MR) is 80.3 cm³/mol. The van der Waals surface area contributed by atoms with Crippen LogP contribution in [0.4, 0.5) is 5.69 Å². The Morgan fingerprint density at radius 2 is 1.84 bits per heavy atom. The van der Waals surface area contributed by atoms with Crippen LogP contribution >= 0.6 is 23.2 Å². The molecule has 0 bridgehead atoms. The molecular formula is C15H19Cl2NO. The van der Waals surface area contributed by atoms with E-state index in [-0.39, 0.29) is 11.7 Å².